The smallest absolute Gasteiger partial charge is 0.253 e. The highest BCUT2D eigenvalue weighted by atomic mass is 16.2. The first-order chi connectivity index (χ1) is 14.7. The molecule has 1 aromatic rings. The highest BCUT2D eigenvalue weighted by Gasteiger charge is 2.20. The minimum atomic E-state index is 0.158. The molecule has 6 nitrogen and oxygen atoms in total. The van der Waals surface area contributed by atoms with Gasteiger partial charge in [0.05, 0.1) is 0 Å². The fraction of sp³-hybridized carbons (Fsp3) is 0.667. The summed E-state index contributed by atoms with van der Waals surface area (Å²) in [5.41, 5.74) is 1.89. The number of piperidine rings is 2. The molecule has 0 aromatic heterocycles. The molecule has 2 aliphatic rings. The molecule has 2 heterocycles. The van der Waals surface area contributed by atoms with E-state index in [2.05, 4.69) is 33.5 Å². The van der Waals surface area contributed by atoms with Crippen molar-refractivity contribution >= 4 is 11.9 Å². The van der Waals surface area contributed by atoms with Gasteiger partial charge in [0.1, 0.15) is 0 Å². The summed E-state index contributed by atoms with van der Waals surface area (Å²) in [5, 5.41) is 6.83. The summed E-state index contributed by atoms with van der Waals surface area (Å²) in [5.74, 6) is 0.971. The van der Waals surface area contributed by atoms with Gasteiger partial charge < -0.3 is 15.5 Å². The van der Waals surface area contributed by atoms with E-state index in [9.17, 15) is 4.79 Å². The van der Waals surface area contributed by atoms with Crippen LogP contribution < -0.4 is 10.6 Å². The lowest BCUT2D eigenvalue weighted by atomic mass is 10.0. The number of amides is 1. The van der Waals surface area contributed by atoms with Gasteiger partial charge in [0.2, 0.25) is 0 Å². The molecule has 0 radical (unpaired) electrons. The Morgan fingerprint density at radius 1 is 1.10 bits per heavy atom. The quantitative estimate of drug-likeness (QED) is 0.532. The van der Waals surface area contributed by atoms with E-state index in [1.54, 1.807) is 7.05 Å². The predicted octanol–water partition coefficient (Wildman–Crippen LogP) is 3.24. The van der Waals surface area contributed by atoms with Crippen LogP contribution in [0.4, 0.5) is 0 Å². The summed E-state index contributed by atoms with van der Waals surface area (Å²) >= 11 is 0. The molecule has 2 aliphatic heterocycles. The van der Waals surface area contributed by atoms with Crippen molar-refractivity contribution in [3.05, 3.63) is 35.4 Å². The average molecular weight is 414 g/mol. The normalized spacial score (nSPS) is 20.8. The molecule has 0 saturated carbocycles. The van der Waals surface area contributed by atoms with Gasteiger partial charge >= 0.3 is 0 Å². The Morgan fingerprint density at radius 3 is 2.67 bits per heavy atom. The second kappa shape index (κ2) is 11.9. The molecule has 30 heavy (non-hydrogen) atoms. The van der Waals surface area contributed by atoms with E-state index >= 15 is 0 Å². The van der Waals surface area contributed by atoms with Crippen molar-refractivity contribution in [1.29, 1.82) is 0 Å². The number of nitrogens with one attached hydrogen (secondary N) is 2. The van der Waals surface area contributed by atoms with Gasteiger partial charge in [-0.25, -0.2) is 0 Å². The maximum atomic E-state index is 12.8. The van der Waals surface area contributed by atoms with Gasteiger partial charge in [0, 0.05) is 51.4 Å². The highest BCUT2D eigenvalue weighted by molar-refractivity contribution is 5.94. The van der Waals surface area contributed by atoms with Crippen LogP contribution in [0.25, 0.3) is 0 Å². The standard InChI is InChI=1S/C24H39N5O/c1-3-22-12-5-8-14-28(22)17-13-26-24(25-2)27-19-20-10-9-11-21(18-20)23(30)29-15-6-4-7-16-29/h9-11,18,22H,3-8,12-17,19H2,1-2H3,(H2,25,26,27). The van der Waals surface area contributed by atoms with Gasteiger partial charge in [-0.2, -0.15) is 0 Å². The molecule has 6 heteroatoms. The monoisotopic (exact) mass is 413 g/mol. The number of aliphatic imine (C=N–C) groups is 1. The van der Waals surface area contributed by atoms with Crippen LogP contribution in [0.2, 0.25) is 0 Å². The zero-order chi connectivity index (χ0) is 21.2. The van der Waals surface area contributed by atoms with Crippen molar-refractivity contribution in [1.82, 2.24) is 20.4 Å². The molecular formula is C24H39N5O. The van der Waals surface area contributed by atoms with Crippen LogP contribution >= 0.6 is 0 Å². The molecule has 2 fully saturated rings. The Balaban J connectivity index is 1.46. The Morgan fingerprint density at radius 2 is 1.90 bits per heavy atom. The van der Waals surface area contributed by atoms with Crippen LogP contribution in [0, 0.1) is 0 Å². The Hall–Kier alpha value is -2.08. The van der Waals surface area contributed by atoms with Gasteiger partial charge in [-0.05, 0) is 62.8 Å². The molecular weight excluding hydrogens is 374 g/mol. The fourth-order valence-corrected chi connectivity index (χ4v) is 4.63. The number of guanidine groups is 1. The number of hydrogen-bond donors (Lipinski definition) is 2. The van der Waals surface area contributed by atoms with Crippen molar-refractivity contribution in [3.8, 4) is 0 Å². The zero-order valence-corrected chi connectivity index (χ0v) is 18.8. The SMILES string of the molecule is CCC1CCCCN1CCNC(=NC)NCc1cccc(C(=O)N2CCCCC2)c1. The van der Waals surface area contributed by atoms with Gasteiger partial charge in [-0.3, -0.25) is 14.7 Å². The van der Waals surface area contributed by atoms with Crippen LogP contribution in [-0.2, 0) is 6.54 Å². The third-order valence-electron chi connectivity index (χ3n) is 6.41. The number of carbonyl (C=O) groups excluding carboxylic acids is 1. The predicted molar refractivity (Wildman–Crippen MR) is 124 cm³/mol. The first-order valence-corrected chi connectivity index (χ1v) is 11.8. The van der Waals surface area contributed by atoms with Crippen molar-refractivity contribution in [3.63, 3.8) is 0 Å². The maximum absolute atomic E-state index is 12.8. The summed E-state index contributed by atoms with van der Waals surface area (Å²) in [6.07, 6.45) is 8.71. The van der Waals surface area contributed by atoms with Crippen LogP contribution in [0.1, 0.15) is 67.8 Å². The Kier molecular flexibility index (Phi) is 9.00. The molecule has 0 aliphatic carbocycles. The highest BCUT2D eigenvalue weighted by Crippen LogP contribution is 2.18. The van der Waals surface area contributed by atoms with Crippen molar-refractivity contribution in [2.75, 3.05) is 39.8 Å². The molecule has 166 valence electrons. The van der Waals surface area contributed by atoms with Gasteiger partial charge in [0.15, 0.2) is 5.96 Å². The molecule has 0 spiro atoms. The van der Waals surface area contributed by atoms with Crippen LogP contribution in [0.15, 0.2) is 29.3 Å². The van der Waals surface area contributed by atoms with Crippen LogP contribution in [0.5, 0.6) is 0 Å². The van der Waals surface area contributed by atoms with E-state index in [0.29, 0.717) is 6.54 Å². The minimum Gasteiger partial charge on any atom is -0.355 e. The third-order valence-corrected chi connectivity index (χ3v) is 6.41. The summed E-state index contributed by atoms with van der Waals surface area (Å²) in [7, 11) is 1.81. The first-order valence-electron chi connectivity index (χ1n) is 11.8. The number of benzene rings is 1. The van der Waals surface area contributed by atoms with Gasteiger partial charge in [0.25, 0.3) is 5.91 Å². The number of hydrogen-bond acceptors (Lipinski definition) is 3. The first kappa shape index (κ1) is 22.6. The molecule has 2 N–H and O–H groups in total. The van der Waals surface area contributed by atoms with E-state index in [4.69, 9.17) is 0 Å². The Bertz CT molecular complexity index is 699. The molecule has 3 rings (SSSR count). The number of rotatable bonds is 7. The van der Waals surface area contributed by atoms with E-state index in [1.165, 1.54) is 38.6 Å². The molecule has 1 atom stereocenters. The lowest BCUT2D eigenvalue weighted by molar-refractivity contribution is 0.0724. The summed E-state index contributed by atoms with van der Waals surface area (Å²) in [6.45, 7) is 7.87. The van der Waals surface area contributed by atoms with Crippen molar-refractivity contribution in [2.24, 2.45) is 4.99 Å². The lowest BCUT2D eigenvalue weighted by Gasteiger charge is -2.35. The van der Waals surface area contributed by atoms with E-state index < -0.39 is 0 Å². The molecule has 2 saturated heterocycles. The maximum Gasteiger partial charge on any atom is 0.253 e. The van der Waals surface area contributed by atoms with Gasteiger partial charge in [-0.1, -0.05) is 25.5 Å². The largest absolute Gasteiger partial charge is 0.355 e. The number of carbonyl (C=O) groups is 1. The minimum absolute atomic E-state index is 0.158. The number of nitrogens with zero attached hydrogens (tertiary/aromatic N) is 3. The second-order valence-electron chi connectivity index (χ2n) is 8.50. The molecule has 0 bridgehead atoms. The lowest BCUT2D eigenvalue weighted by Crippen LogP contribution is -2.45. The third kappa shape index (κ3) is 6.46. The molecule has 1 amide bonds. The van der Waals surface area contributed by atoms with E-state index in [1.807, 2.05) is 23.1 Å². The Labute approximate surface area is 182 Å². The summed E-state index contributed by atoms with van der Waals surface area (Å²) in [6, 6.07) is 8.71. The van der Waals surface area contributed by atoms with E-state index in [-0.39, 0.29) is 5.91 Å². The van der Waals surface area contributed by atoms with Crippen molar-refractivity contribution < 1.29 is 4.79 Å². The number of likely N-dealkylation sites (tertiary alicyclic amines) is 2. The molecule has 1 aromatic carbocycles. The second-order valence-corrected chi connectivity index (χ2v) is 8.50. The van der Waals surface area contributed by atoms with Crippen molar-refractivity contribution in [2.45, 2.75) is 64.5 Å². The molecule has 1 unspecified atom stereocenters. The van der Waals surface area contributed by atoms with Crippen LogP contribution in [0.3, 0.4) is 0 Å². The zero-order valence-electron chi connectivity index (χ0n) is 18.8. The van der Waals surface area contributed by atoms with Crippen LogP contribution in [-0.4, -0.2) is 67.5 Å². The topological polar surface area (TPSA) is 60.0 Å². The average Bonchev–Trinajstić information content (AvgIpc) is 2.81. The fourth-order valence-electron chi connectivity index (χ4n) is 4.63. The summed E-state index contributed by atoms with van der Waals surface area (Å²) in [4.78, 5) is 21.7. The van der Waals surface area contributed by atoms with E-state index in [0.717, 1.165) is 62.1 Å². The summed E-state index contributed by atoms with van der Waals surface area (Å²) < 4.78 is 0. The van der Waals surface area contributed by atoms with Gasteiger partial charge in [-0.15, -0.1) is 0 Å².